The molecule has 1 atom stereocenters. The Kier molecular flexibility index (Phi) is 9.80. The number of rotatable bonds is 6. The summed E-state index contributed by atoms with van der Waals surface area (Å²) in [6.07, 6.45) is 5.64. The molecule has 2 aliphatic rings. The first-order chi connectivity index (χ1) is 15.2. The van der Waals surface area contributed by atoms with E-state index >= 15 is 0 Å². The number of guanidine groups is 1. The van der Waals surface area contributed by atoms with Crippen LogP contribution in [-0.4, -0.2) is 71.6 Å². The predicted octanol–water partition coefficient (Wildman–Crippen LogP) is 3.56. The molecule has 32 heavy (non-hydrogen) atoms. The third-order valence-corrected chi connectivity index (χ3v) is 6.63. The van der Waals surface area contributed by atoms with E-state index in [2.05, 4.69) is 61.4 Å². The first-order valence-electron chi connectivity index (χ1n) is 11.6. The average Bonchev–Trinajstić information content (AvgIpc) is 3.31. The SMILES string of the molecule is CN=C(NCc1ccccc1CN1CCCCC1C)N1CCN(Cc2ccon2)CC1.I. The van der Waals surface area contributed by atoms with Crippen LogP contribution in [0.3, 0.4) is 0 Å². The number of halogens is 1. The predicted molar refractivity (Wildman–Crippen MR) is 139 cm³/mol. The van der Waals surface area contributed by atoms with Crippen molar-refractivity contribution in [3.63, 3.8) is 0 Å². The molecular formula is C24H37IN6O. The van der Waals surface area contributed by atoms with Gasteiger partial charge in [-0.2, -0.15) is 0 Å². The lowest BCUT2D eigenvalue weighted by molar-refractivity contribution is 0.152. The Morgan fingerprint density at radius 3 is 2.53 bits per heavy atom. The minimum absolute atomic E-state index is 0. The van der Waals surface area contributed by atoms with E-state index in [0.717, 1.165) is 57.5 Å². The molecule has 1 aromatic carbocycles. The summed E-state index contributed by atoms with van der Waals surface area (Å²) >= 11 is 0. The number of hydrogen-bond acceptors (Lipinski definition) is 5. The van der Waals surface area contributed by atoms with Gasteiger partial charge in [-0.25, -0.2) is 0 Å². The third kappa shape index (κ3) is 6.68. The maximum Gasteiger partial charge on any atom is 0.194 e. The van der Waals surface area contributed by atoms with Gasteiger partial charge >= 0.3 is 0 Å². The van der Waals surface area contributed by atoms with Crippen LogP contribution in [0.5, 0.6) is 0 Å². The monoisotopic (exact) mass is 552 g/mol. The maximum absolute atomic E-state index is 4.95. The minimum atomic E-state index is 0. The third-order valence-electron chi connectivity index (χ3n) is 6.63. The van der Waals surface area contributed by atoms with Crippen molar-refractivity contribution in [1.29, 1.82) is 0 Å². The number of piperazine rings is 1. The molecule has 1 N–H and O–H groups in total. The molecule has 3 heterocycles. The van der Waals surface area contributed by atoms with Gasteiger partial charge in [-0.1, -0.05) is 35.8 Å². The number of aromatic nitrogens is 1. The number of nitrogens with one attached hydrogen (secondary N) is 1. The molecule has 1 aromatic heterocycles. The van der Waals surface area contributed by atoms with Crippen LogP contribution in [0.25, 0.3) is 0 Å². The van der Waals surface area contributed by atoms with Gasteiger partial charge in [0.2, 0.25) is 0 Å². The van der Waals surface area contributed by atoms with Crippen molar-refractivity contribution in [2.24, 2.45) is 4.99 Å². The number of aliphatic imine (C=N–C) groups is 1. The van der Waals surface area contributed by atoms with Gasteiger partial charge in [0, 0.05) is 65.0 Å². The lowest BCUT2D eigenvalue weighted by Crippen LogP contribution is -2.52. The van der Waals surface area contributed by atoms with Gasteiger partial charge in [-0.3, -0.25) is 14.8 Å². The number of nitrogens with zero attached hydrogens (tertiary/aromatic N) is 5. The summed E-state index contributed by atoms with van der Waals surface area (Å²) in [5.41, 5.74) is 3.79. The second kappa shape index (κ2) is 12.6. The number of benzene rings is 1. The van der Waals surface area contributed by atoms with Crippen LogP contribution in [0.1, 0.15) is 43.0 Å². The molecule has 1 unspecified atom stereocenters. The molecule has 0 spiro atoms. The first-order valence-corrected chi connectivity index (χ1v) is 11.6. The number of piperidine rings is 1. The highest BCUT2D eigenvalue weighted by molar-refractivity contribution is 14.0. The largest absolute Gasteiger partial charge is 0.364 e. The quantitative estimate of drug-likeness (QED) is 0.336. The van der Waals surface area contributed by atoms with Crippen LogP contribution < -0.4 is 5.32 Å². The van der Waals surface area contributed by atoms with Crippen LogP contribution in [0.4, 0.5) is 0 Å². The Morgan fingerprint density at radius 2 is 1.84 bits per heavy atom. The lowest BCUT2D eigenvalue weighted by atomic mass is 10.0. The standard InChI is InChI=1S/C24H36N6O.HI/c1-20-7-5-6-11-30(20)18-22-9-4-3-8-21(22)17-26-24(25-2)29-14-12-28(13-15-29)19-23-10-16-31-27-23;/h3-4,8-10,16,20H,5-7,11-15,17-19H2,1-2H3,(H,25,26);1H. The van der Waals surface area contributed by atoms with Crippen molar-refractivity contribution in [3.8, 4) is 0 Å². The topological polar surface area (TPSA) is 60.1 Å². The summed E-state index contributed by atoms with van der Waals surface area (Å²) in [6, 6.07) is 11.5. The summed E-state index contributed by atoms with van der Waals surface area (Å²) in [5.74, 6) is 0.988. The maximum atomic E-state index is 4.95. The smallest absolute Gasteiger partial charge is 0.194 e. The van der Waals surface area contributed by atoms with E-state index in [4.69, 9.17) is 4.52 Å². The molecule has 176 valence electrons. The molecule has 7 nitrogen and oxygen atoms in total. The molecule has 2 aromatic rings. The highest BCUT2D eigenvalue weighted by atomic mass is 127. The van der Waals surface area contributed by atoms with Crippen LogP contribution in [-0.2, 0) is 19.6 Å². The van der Waals surface area contributed by atoms with Gasteiger partial charge in [0.05, 0.1) is 5.69 Å². The van der Waals surface area contributed by atoms with E-state index in [1.807, 2.05) is 13.1 Å². The molecule has 0 aliphatic carbocycles. The molecule has 2 aliphatic heterocycles. The summed E-state index contributed by atoms with van der Waals surface area (Å²) < 4.78 is 4.95. The van der Waals surface area contributed by atoms with E-state index in [1.54, 1.807) is 6.26 Å². The van der Waals surface area contributed by atoms with Crippen molar-refractivity contribution in [1.82, 2.24) is 25.2 Å². The molecule has 0 saturated carbocycles. The van der Waals surface area contributed by atoms with E-state index in [9.17, 15) is 0 Å². The molecule has 0 radical (unpaired) electrons. The molecule has 2 fully saturated rings. The molecular weight excluding hydrogens is 515 g/mol. The Bertz CT molecular complexity index is 835. The Labute approximate surface area is 209 Å². The second-order valence-electron chi connectivity index (χ2n) is 8.74. The van der Waals surface area contributed by atoms with Gasteiger partial charge in [-0.05, 0) is 37.4 Å². The first kappa shape index (κ1) is 25.0. The summed E-state index contributed by atoms with van der Waals surface area (Å²) in [5, 5.41) is 7.64. The summed E-state index contributed by atoms with van der Waals surface area (Å²) in [6.45, 7) is 10.2. The van der Waals surface area contributed by atoms with Crippen molar-refractivity contribution in [2.75, 3.05) is 39.8 Å². The Hall–Kier alpha value is -1.65. The van der Waals surface area contributed by atoms with E-state index < -0.39 is 0 Å². The zero-order valence-electron chi connectivity index (χ0n) is 19.4. The van der Waals surface area contributed by atoms with E-state index in [-0.39, 0.29) is 24.0 Å². The van der Waals surface area contributed by atoms with E-state index in [0.29, 0.717) is 6.04 Å². The van der Waals surface area contributed by atoms with Crippen molar-refractivity contribution in [3.05, 3.63) is 53.4 Å². The Morgan fingerprint density at radius 1 is 1.06 bits per heavy atom. The molecule has 0 amide bonds. The molecule has 8 heteroatoms. The molecule has 2 saturated heterocycles. The van der Waals surface area contributed by atoms with Crippen LogP contribution in [0.2, 0.25) is 0 Å². The fourth-order valence-corrected chi connectivity index (χ4v) is 4.67. The molecule has 0 bridgehead atoms. The van der Waals surface area contributed by atoms with Gasteiger partial charge in [-0.15, -0.1) is 24.0 Å². The minimum Gasteiger partial charge on any atom is -0.364 e. The zero-order chi connectivity index (χ0) is 21.5. The van der Waals surface area contributed by atoms with Crippen molar-refractivity contribution >= 4 is 29.9 Å². The van der Waals surface area contributed by atoms with Crippen molar-refractivity contribution < 1.29 is 4.52 Å². The lowest BCUT2D eigenvalue weighted by Gasteiger charge is -2.36. The highest BCUT2D eigenvalue weighted by Crippen LogP contribution is 2.21. The summed E-state index contributed by atoms with van der Waals surface area (Å²) in [4.78, 5) is 12.0. The fourth-order valence-electron chi connectivity index (χ4n) is 4.67. The van der Waals surface area contributed by atoms with Gasteiger partial charge in [0.1, 0.15) is 6.26 Å². The summed E-state index contributed by atoms with van der Waals surface area (Å²) in [7, 11) is 1.88. The van der Waals surface area contributed by atoms with E-state index in [1.165, 1.54) is 36.9 Å². The van der Waals surface area contributed by atoms with Gasteiger partial charge in [0.15, 0.2) is 5.96 Å². The van der Waals surface area contributed by atoms with Crippen molar-refractivity contribution in [2.45, 2.75) is 51.9 Å². The fraction of sp³-hybridized carbons (Fsp3) is 0.583. The van der Waals surface area contributed by atoms with Gasteiger partial charge in [0.25, 0.3) is 0 Å². The molecule has 4 rings (SSSR count). The van der Waals surface area contributed by atoms with Crippen LogP contribution in [0, 0.1) is 0 Å². The zero-order valence-corrected chi connectivity index (χ0v) is 21.7. The van der Waals surface area contributed by atoms with Gasteiger partial charge < -0.3 is 14.7 Å². The van der Waals surface area contributed by atoms with Crippen LogP contribution >= 0.6 is 24.0 Å². The Balaban J connectivity index is 0.00000289. The second-order valence-corrected chi connectivity index (χ2v) is 8.74. The highest BCUT2D eigenvalue weighted by Gasteiger charge is 2.21. The normalized spacial score (nSPS) is 20.8. The number of likely N-dealkylation sites (tertiary alicyclic amines) is 1. The average molecular weight is 553 g/mol. The van der Waals surface area contributed by atoms with Crippen LogP contribution in [0.15, 0.2) is 46.1 Å². The number of hydrogen-bond donors (Lipinski definition) is 1.